The van der Waals surface area contributed by atoms with E-state index in [9.17, 15) is 0 Å². The summed E-state index contributed by atoms with van der Waals surface area (Å²) in [6, 6.07) is 74.4. The molecule has 9 rings (SSSR count). The summed E-state index contributed by atoms with van der Waals surface area (Å²) in [4.78, 5) is 4.76. The molecule has 0 N–H and O–H groups in total. The highest BCUT2D eigenvalue weighted by molar-refractivity contribution is 5.89. The summed E-state index contributed by atoms with van der Waals surface area (Å²) in [5.74, 6) is 0. The summed E-state index contributed by atoms with van der Waals surface area (Å²) in [7, 11) is 0. The van der Waals surface area contributed by atoms with Crippen LogP contribution in [0.15, 0.2) is 206 Å². The van der Waals surface area contributed by atoms with Crippen molar-refractivity contribution < 1.29 is 0 Å². The lowest BCUT2D eigenvalue weighted by Crippen LogP contribution is -2.30. The smallest absolute Gasteiger partial charge is 0.0503 e. The number of anilines is 6. The van der Waals surface area contributed by atoms with Crippen LogP contribution < -0.4 is 9.80 Å². The molecule has 1 heterocycles. The molecule has 0 unspecified atom stereocenters. The number of hydrogen-bond acceptors (Lipinski definition) is 2. The zero-order valence-electron chi connectivity index (χ0n) is 30.0. The standard InChI is InChI=1S/C51H40N2/c1-51(2)47-35-41(38-17-9-4-10-18-38)27-33-49(47)53(44-21-13-6-14-22-44)50-34-28-42(36-48(50)51)40-25-31-46(32-26-40)52(43-19-11-5-12-20-43)45-29-23-39(24-30-45)37-15-7-3-8-16-37/h3-36H,1-2H3. The minimum absolute atomic E-state index is 0.229. The summed E-state index contributed by atoms with van der Waals surface area (Å²) in [6.07, 6.45) is 0. The van der Waals surface area contributed by atoms with E-state index in [4.69, 9.17) is 0 Å². The van der Waals surface area contributed by atoms with Crippen molar-refractivity contribution in [2.75, 3.05) is 9.80 Å². The van der Waals surface area contributed by atoms with Crippen molar-refractivity contribution in [1.82, 2.24) is 0 Å². The van der Waals surface area contributed by atoms with Gasteiger partial charge in [0.2, 0.25) is 0 Å². The van der Waals surface area contributed by atoms with Gasteiger partial charge in [-0.25, -0.2) is 0 Å². The molecule has 2 heteroatoms. The van der Waals surface area contributed by atoms with Crippen LogP contribution >= 0.6 is 0 Å². The normalized spacial score (nSPS) is 12.8. The molecule has 8 aromatic rings. The average molecular weight is 681 g/mol. The summed E-state index contributed by atoms with van der Waals surface area (Å²) in [5, 5.41) is 0. The van der Waals surface area contributed by atoms with Crippen LogP contribution in [0.4, 0.5) is 34.1 Å². The molecule has 0 bridgehead atoms. The molecule has 2 nitrogen and oxygen atoms in total. The zero-order chi connectivity index (χ0) is 35.8. The van der Waals surface area contributed by atoms with Crippen LogP contribution in [-0.2, 0) is 5.41 Å². The first kappa shape index (κ1) is 32.3. The van der Waals surface area contributed by atoms with Gasteiger partial charge >= 0.3 is 0 Å². The van der Waals surface area contributed by atoms with E-state index in [0.717, 1.165) is 22.7 Å². The lowest BCUT2D eigenvalue weighted by molar-refractivity contribution is 0.632. The molecule has 0 radical (unpaired) electrons. The average Bonchev–Trinajstić information content (AvgIpc) is 3.23. The first-order chi connectivity index (χ1) is 26.0. The number of rotatable bonds is 7. The van der Waals surface area contributed by atoms with Crippen LogP contribution in [0.1, 0.15) is 25.0 Å². The first-order valence-corrected chi connectivity index (χ1v) is 18.4. The quantitative estimate of drug-likeness (QED) is 0.165. The fourth-order valence-electron chi connectivity index (χ4n) is 7.84. The number of fused-ring (bicyclic) bond motifs is 2. The van der Waals surface area contributed by atoms with Gasteiger partial charge in [0, 0.05) is 28.2 Å². The van der Waals surface area contributed by atoms with Crippen LogP contribution in [0.3, 0.4) is 0 Å². The van der Waals surface area contributed by atoms with E-state index >= 15 is 0 Å². The van der Waals surface area contributed by atoms with Crippen molar-refractivity contribution in [3.8, 4) is 33.4 Å². The zero-order valence-corrected chi connectivity index (χ0v) is 30.0. The van der Waals surface area contributed by atoms with Gasteiger partial charge in [-0.3, -0.25) is 0 Å². The molecule has 0 fully saturated rings. The number of benzene rings is 8. The van der Waals surface area contributed by atoms with Crippen molar-refractivity contribution in [1.29, 1.82) is 0 Å². The van der Waals surface area contributed by atoms with Crippen molar-refractivity contribution in [3.05, 3.63) is 217 Å². The fourth-order valence-corrected chi connectivity index (χ4v) is 7.84. The number of para-hydroxylation sites is 2. The Morgan fingerprint density at radius 2 is 0.679 bits per heavy atom. The maximum Gasteiger partial charge on any atom is 0.0503 e. The lowest BCUT2D eigenvalue weighted by Gasteiger charge is -2.42. The molecule has 254 valence electrons. The topological polar surface area (TPSA) is 6.48 Å². The molecule has 0 spiro atoms. The lowest BCUT2D eigenvalue weighted by atomic mass is 9.72. The molecule has 0 atom stereocenters. The number of hydrogen-bond donors (Lipinski definition) is 0. The van der Waals surface area contributed by atoms with Crippen LogP contribution in [0.25, 0.3) is 33.4 Å². The van der Waals surface area contributed by atoms with E-state index in [1.165, 1.54) is 55.9 Å². The molecular weight excluding hydrogens is 641 g/mol. The van der Waals surface area contributed by atoms with Gasteiger partial charge in [0.15, 0.2) is 0 Å². The predicted octanol–water partition coefficient (Wildman–Crippen LogP) is 14.3. The van der Waals surface area contributed by atoms with E-state index in [0.29, 0.717) is 0 Å². The van der Waals surface area contributed by atoms with Crippen LogP contribution in [0.5, 0.6) is 0 Å². The van der Waals surface area contributed by atoms with Crippen molar-refractivity contribution in [3.63, 3.8) is 0 Å². The molecule has 1 aliphatic rings. The monoisotopic (exact) mass is 680 g/mol. The van der Waals surface area contributed by atoms with Crippen molar-refractivity contribution in [2.24, 2.45) is 0 Å². The van der Waals surface area contributed by atoms with Gasteiger partial charge < -0.3 is 9.80 Å². The van der Waals surface area contributed by atoms with Crippen molar-refractivity contribution >= 4 is 34.1 Å². The van der Waals surface area contributed by atoms with Gasteiger partial charge in [-0.1, -0.05) is 147 Å². The van der Waals surface area contributed by atoms with E-state index in [2.05, 4.69) is 230 Å². The van der Waals surface area contributed by atoms with E-state index < -0.39 is 0 Å². The Morgan fingerprint density at radius 3 is 1.15 bits per heavy atom. The van der Waals surface area contributed by atoms with Crippen LogP contribution in [0.2, 0.25) is 0 Å². The van der Waals surface area contributed by atoms with Crippen LogP contribution in [0, 0.1) is 0 Å². The summed E-state index contributed by atoms with van der Waals surface area (Å²) in [6.45, 7) is 4.74. The van der Waals surface area contributed by atoms with Gasteiger partial charge in [0.1, 0.15) is 0 Å². The highest BCUT2D eigenvalue weighted by atomic mass is 15.2. The molecule has 0 aromatic heterocycles. The molecule has 0 aliphatic carbocycles. The Labute approximate surface area is 312 Å². The Bertz CT molecular complexity index is 2490. The molecular formula is C51H40N2. The Kier molecular flexibility index (Phi) is 8.21. The minimum atomic E-state index is -0.229. The number of nitrogens with zero attached hydrogens (tertiary/aromatic N) is 2. The second-order valence-electron chi connectivity index (χ2n) is 14.3. The summed E-state index contributed by atoms with van der Waals surface area (Å²) < 4.78 is 0. The highest BCUT2D eigenvalue weighted by Crippen LogP contribution is 2.53. The molecule has 0 saturated carbocycles. The Balaban J connectivity index is 1.10. The second-order valence-corrected chi connectivity index (χ2v) is 14.3. The maximum atomic E-state index is 2.43. The second kappa shape index (κ2) is 13.5. The third-order valence-corrected chi connectivity index (χ3v) is 10.6. The molecule has 0 amide bonds. The first-order valence-electron chi connectivity index (χ1n) is 18.4. The molecule has 53 heavy (non-hydrogen) atoms. The van der Waals surface area contributed by atoms with Gasteiger partial charge in [-0.05, 0) is 117 Å². The third kappa shape index (κ3) is 5.99. The SMILES string of the molecule is CC1(C)c2cc(-c3ccccc3)ccc2N(c2ccccc2)c2ccc(-c3ccc(N(c4ccccc4)c4ccc(-c5ccccc5)cc4)cc3)cc21. The van der Waals surface area contributed by atoms with E-state index in [1.54, 1.807) is 0 Å². The highest BCUT2D eigenvalue weighted by Gasteiger charge is 2.37. The molecule has 1 aliphatic heterocycles. The maximum absolute atomic E-state index is 2.43. The fraction of sp³-hybridized carbons (Fsp3) is 0.0588. The predicted molar refractivity (Wildman–Crippen MR) is 224 cm³/mol. The van der Waals surface area contributed by atoms with E-state index in [1.807, 2.05) is 0 Å². The molecule has 8 aromatic carbocycles. The third-order valence-electron chi connectivity index (χ3n) is 10.6. The van der Waals surface area contributed by atoms with Gasteiger partial charge in [0.05, 0.1) is 11.4 Å². The van der Waals surface area contributed by atoms with Crippen molar-refractivity contribution in [2.45, 2.75) is 19.3 Å². The van der Waals surface area contributed by atoms with Gasteiger partial charge in [-0.15, -0.1) is 0 Å². The Hall–Kier alpha value is -6.64. The van der Waals surface area contributed by atoms with E-state index in [-0.39, 0.29) is 5.41 Å². The summed E-state index contributed by atoms with van der Waals surface area (Å²) in [5.41, 5.74) is 16.6. The van der Waals surface area contributed by atoms with Gasteiger partial charge in [-0.2, -0.15) is 0 Å². The minimum Gasteiger partial charge on any atom is -0.311 e. The van der Waals surface area contributed by atoms with Crippen LogP contribution in [-0.4, -0.2) is 0 Å². The Morgan fingerprint density at radius 1 is 0.340 bits per heavy atom. The largest absolute Gasteiger partial charge is 0.311 e. The summed E-state index contributed by atoms with van der Waals surface area (Å²) >= 11 is 0. The molecule has 0 saturated heterocycles. The van der Waals surface area contributed by atoms with Gasteiger partial charge in [0.25, 0.3) is 0 Å².